The smallest absolute Gasteiger partial charge is 0.383 e. The molecule has 3 nitrogen and oxygen atoms in total. The lowest BCUT2D eigenvalue weighted by Crippen LogP contribution is -2.06. The van der Waals surface area contributed by atoms with Crippen LogP contribution >= 0.6 is 0 Å². The first-order valence-electron chi connectivity index (χ1n) is 4.21. The summed E-state index contributed by atoms with van der Waals surface area (Å²) in [5, 5.41) is 0. The van der Waals surface area contributed by atoms with Crippen LogP contribution in [0, 0.1) is 5.92 Å². The van der Waals surface area contributed by atoms with Crippen LogP contribution in [0.25, 0.3) is 0 Å². The zero-order valence-electron chi connectivity index (χ0n) is 7.63. The highest BCUT2D eigenvalue weighted by Crippen LogP contribution is 2.05. The summed E-state index contributed by atoms with van der Waals surface area (Å²) in [6.07, 6.45) is 4.14. The molecule has 0 atom stereocenters. The number of esters is 1. The van der Waals surface area contributed by atoms with Crippen molar-refractivity contribution in [1.29, 1.82) is 0 Å². The standard InChI is InChI=1S/C9H15O3/c1-8(2)5-3-4-6-12-9(11)7-10/h8H,3-6H2,1-2H3. The highest BCUT2D eigenvalue weighted by Gasteiger charge is 1.99. The van der Waals surface area contributed by atoms with Gasteiger partial charge in [0.15, 0.2) is 0 Å². The highest BCUT2D eigenvalue weighted by atomic mass is 16.5. The van der Waals surface area contributed by atoms with E-state index >= 15 is 0 Å². The third kappa shape index (κ3) is 7.25. The van der Waals surface area contributed by atoms with E-state index in [2.05, 4.69) is 18.6 Å². The molecule has 0 saturated heterocycles. The second-order valence-electron chi connectivity index (χ2n) is 3.13. The molecule has 0 saturated carbocycles. The van der Waals surface area contributed by atoms with Crippen molar-refractivity contribution in [3.63, 3.8) is 0 Å². The molecule has 1 radical (unpaired) electrons. The molecule has 3 heteroatoms. The van der Waals surface area contributed by atoms with Gasteiger partial charge in [-0.25, -0.2) is 4.79 Å². The molecule has 0 bridgehead atoms. The minimum atomic E-state index is -0.889. The Morgan fingerprint density at radius 2 is 2.08 bits per heavy atom. The number of ether oxygens (including phenoxy) is 1. The Kier molecular flexibility index (Phi) is 6.34. The van der Waals surface area contributed by atoms with Crippen molar-refractivity contribution in [2.24, 2.45) is 5.92 Å². The lowest BCUT2D eigenvalue weighted by molar-refractivity contribution is -0.135. The molecule has 0 fully saturated rings. The molecule has 0 spiro atoms. The summed E-state index contributed by atoms with van der Waals surface area (Å²) in [7, 11) is 0. The van der Waals surface area contributed by atoms with Gasteiger partial charge in [0.05, 0.1) is 6.61 Å². The monoisotopic (exact) mass is 171 g/mol. The number of carbonyl (C=O) groups excluding carboxylic acids is 2. The highest BCUT2D eigenvalue weighted by molar-refractivity contribution is 6.20. The van der Waals surface area contributed by atoms with Crippen molar-refractivity contribution in [2.75, 3.05) is 6.61 Å². The lowest BCUT2D eigenvalue weighted by Gasteiger charge is -2.03. The fourth-order valence-electron chi connectivity index (χ4n) is 0.849. The van der Waals surface area contributed by atoms with E-state index in [4.69, 9.17) is 0 Å². The Balaban J connectivity index is 3.11. The molecule has 0 N–H and O–H groups in total. The topological polar surface area (TPSA) is 43.4 Å². The Morgan fingerprint density at radius 1 is 1.42 bits per heavy atom. The molecule has 69 valence electrons. The number of hydrogen-bond acceptors (Lipinski definition) is 3. The van der Waals surface area contributed by atoms with Gasteiger partial charge in [-0.3, -0.25) is 4.79 Å². The van der Waals surface area contributed by atoms with Crippen LogP contribution < -0.4 is 0 Å². The normalized spacial score (nSPS) is 9.92. The predicted molar refractivity (Wildman–Crippen MR) is 45.3 cm³/mol. The van der Waals surface area contributed by atoms with Gasteiger partial charge in [-0.15, -0.1) is 0 Å². The van der Waals surface area contributed by atoms with Gasteiger partial charge in [0.25, 0.3) is 0 Å². The molecule has 0 heterocycles. The molecular weight excluding hydrogens is 156 g/mol. The van der Waals surface area contributed by atoms with E-state index in [1.807, 2.05) is 0 Å². The Labute approximate surface area is 73.1 Å². The summed E-state index contributed by atoms with van der Waals surface area (Å²) in [6, 6.07) is 0. The summed E-state index contributed by atoms with van der Waals surface area (Å²) in [5.41, 5.74) is 0. The molecule has 0 aliphatic carbocycles. The van der Waals surface area contributed by atoms with Gasteiger partial charge in [-0.2, -0.15) is 0 Å². The second kappa shape index (κ2) is 6.83. The van der Waals surface area contributed by atoms with Crippen LogP contribution in [-0.4, -0.2) is 18.9 Å². The molecule has 0 aromatic carbocycles. The maximum absolute atomic E-state index is 10.3. The maximum Gasteiger partial charge on any atom is 0.383 e. The molecule has 0 amide bonds. The predicted octanol–water partition coefficient (Wildman–Crippen LogP) is 1.47. The van der Waals surface area contributed by atoms with Crippen LogP contribution in [-0.2, 0) is 14.3 Å². The molecule has 12 heavy (non-hydrogen) atoms. The molecular formula is C9H15O3. The SMILES string of the molecule is CC(C)CCCCOC(=O)[C]=O. The van der Waals surface area contributed by atoms with Gasteiger partial charge in [-0.1, -0.05) is 20.3 Å². The van der Waals surface area contributed by atoms with Gasteiger partial charge in [0.1, 0.15) is 0 Å². The number of hydrogen-bond donors (Lipinski definition) is 0. The first-order valence-corrected chi connectivity index (χ1v) is 4.21. The van der Waals surface area contributed by atoms with Crippen LogP contribution in [0.4, 0.5) is 0 Å². The van der Waals surface area contributed by atoms with Crippen LogP contribution in [0.2, 0.25) is 0 Å². The van der Waals surface area contributed by atoms with Gasteiger partial charge in [0.2, 0.25) is 0 Å². The minimum Gasteiger partial charge on any atom is -0.460 e. The van der Waals surface area contributed by atoms with Crippen LogP contribution in [0.3, 0.4) is 0 Å². The van der Waals surface area contributed by atoms with E-state index in [-0.39, 0.29) is 0 Å². The Morgan fingerprint density at radius 3 is 2.58 bits per heavy atom. The van der Waals surface area contributed by atoms with E-state index in [0.717, 1.165) is 25.5 Å². The third-order valence-electron chi connectivity index (χ3n) is 1.49. The molecule has 0 aliphatic rings. The summed E-state index contributed by atoms with van der Waals surface area (Å²) in [4.78, 5) is 19.9. The number of rotatable bonds is 6. The summed E-state index contributed by atoms with van der Waals surface area (Å²) in [5.74, 6) is -0.210. The summed E-state index contributed by atoms with van der Waals surface area (Å²) in [6.45, 7) is 4.62. The van der Waals surface area contributed by atoms with Gasteiger partial charge in [0, 0.05) is 0 Å². The molecule has 0 aliphatic heterocycles. The first-order chi connectivity index (χ1) is 5.66. The second-order valence-corrected chi connectivity index (χ2v) is 3.13. The first kappa shape index (κ1) is 11.1. The van der Waals surface area contributed by atoms with E-state index in [1.54, 1.807) is 0 Å². The fourth-order valence-corrected chi connectivity index (χ4v) is 0.849. The molecule has 0 aromatic heterocycles. The summed E-state index contributed by atoms with van der Waals surface area (Å²) >= 11 is 0. The van der Waals surface area contributed by atoms with Crippen LogP contribution in [0.15, 0.2) is 0 Å². The van der Waals surface area contributed by atoms with E-state index in [0.29, 0.717) is 12.5 Å². The van der Waals surface area contributed by atoms with Crippen LogP contribution in [0.5, 0.6) is 0 Å². The van der Waals surface area contributed by atoms with E-state index < -0.39 is 5.97 Å². The average molecular weight is 171 g/mol. The van der Waals surface area contributed by atoms with Crippen molar-refractivity contribution >= 4 is 12.3 Å². The maximum atomic E-state index is 10.3. The van der Waals surface area contributed by atoms with Gasteiger partial charge in [-0.05, 0) is 18.8 Å². The van der Waals surface area contributed by atoms with Crippen molar-refractivity contribution < 1.29 is 14.3 Å². The molecule has 0 rings (SSSR count). The van der Waals surface area contributed by atoms with Gasteiger partial charge < -0.3 is 4.74 Å². The number of carbonyl (C=O) groups is 1. The summed E-state index contributed by atoms with van der Waals surface area (Å²) < 4.78 is 4.51. The Hall–Kier alpha value is -0.860. The van der Waals surface area contributed by atoms with Crippen molar-refractivity contribution in [3.8, 4) is 0 Å². The Bertz CT molecular complexity index is 141. The van der Waals surface area contributed by atoms with E-state index in [9.17, 15) is 9.59 Å². The largest absolute Gasteiger partial charge is 0.460 e. The van der Waals surface area contributed by atoms with Crippen molar-refractivity contribution in [1.82, 2.24) is 0 Å². The van der Waals surface area contributed by atoms with Gasteiger partial charge >= 0.3 is 12.3 Å². The third-order valence-corrected chi connectivity index (χ3v) is 1.49. The zero-order valence-corrected chi connectivity index (χ0v) is 7.63. The van der Waals surface area contributed by atoms with Crippen molar-refractivity contribution in [2.45, 2.75) is 33.1 Å². The molecule has 0 aromatic rings. The average Bonchev–Trinajstić information content (AvgIpc) is 2.03. The van der Waals surface area contributed by atoms with Crippen LogP contribution in [0.1, 0.15) is 33.1 Å². The lowest BCUT2D eigenvalue weighted by atomic mass is 10.1. The zero-order chi connectivity index (χ0) is 9.40. The molecule has 0 unspecified atom stereocenters. The minimum absolute atomic E-state index is 0.334. The quantitative estimate of drug-likeness (QED) is 0.345. The van der Waals surface area contributed by atoms with E-state index in [1.165, 1.54) is 0 Å². The fraction of sp³-hybridized carbons (Fsp3) is 0.778. The van der Waals surface area contributed by atoms with Crippen molar-refractivity contribution in [3.05, 3.63) is 0 Å². The number of unbranched alkanes of at least 4 members (excludes halogenated alkanes) is 1.